The molecule has 0 bridgehead atoms. The maximum Gasteiger partial charge on any atom is 0.310 e. The fraction of sp³-hybridized carbons (Fsp3) is 0.600. The molecule has 1 saturated heterocycles. The normalized spacial score (nSPS) is 18.0. The van der Waals surface area contributed by atoms with Gasteiger partial charge in [0, 0.05) is 25.8 Å². The molecule has 0 aromatic rings. The Kier molecular flexibility index (Phi) is 7.60. The molecule has 1 heterocycles. The highest BCUT2D eigenvalue weighted by Gasteiger charge is 2.26. The van der Waals surface area contributed by atoms with Gasteiger partial charge in [0.15, 0.2) is 0 Å². The molecule has 1 atom stereocenters. The van der Waals surface area contributed by atoms with Gasteiger partial charge in [0.05, 0.1) is 18.9 Å². The average molecular weight is 323 g/mol. The van der Waals surface area contributed by atoms with Crippen molar-refractivity contribution in [2.24, 2.45) is 5.92 Å². The molecular formula is C15H21N3O5. The predicted molar refractivity (Wildman–Crippen MR) is 79.9 cm³/mol. The molecule has 1 aliphatic heterocycles. The third-order valence-electron chi connectivity index (χ3n) is 3.37. The van der Waals surface area contributed by atoms with Crippen LogP contribution in [-0.4, -0.2) is 54.1 Å². The second kappa shape index (κ2) is 9.46. The molecule has 1 amide bonds. The molecular weight excluding hydrogens is 302 g/mol. The van der Waals surface area contributed by atoms with Crippen LogP contribution in [0.4, 0.5) is 0 Å². The van der Waals surface area contributed by atoms with Crippen molar-refractivity contribution in [3.05, 3.63) is 11.8 Å². The van der Waals surface area contributed by atoms with E-state index in [4.69, 9.17) is 15.1 Å². The lowest BCUT2D eigenvalue weighted by Crippen LogP contribution is -2.37. The quantitative estimate of drug-likeness (QED) is 0.392. The van der Waals surface area contributed by atoms with Gasteiger partial charge in [0.2, 0.25) is 0 Å². The highest BCUT2D eigenvalue weighted by molar-refractivity contribution is 5.97. The van der Waals surface area contributed by atoms with Gasteiger partial charge in [-0.3, -0.25) is 14.4 Å². The second-order valence-electron chi connectivity index (χ2n) is 5.14. The zero-order valence-electron chi connectivity index (χ0n) is 13.1. The van der Waals surface area contributed by atoms with Crippen LogP contribution in [0.15, 0.2) is 11.8 Å². The fourth-order valence-corrected chi connectivity index (χ4v) is 2.28. The zero-order chi connectivity index (χ0) is 17.2. The summed E-state index contributed by atoms with van der Waals surface area (Å²) in [5.41, 5.74) is -0.111. The summed E-state index contributed by atoms with van der Waals surface area (Å²) in [6.45, 7) is 3.06. The number of carboxylic acid groups (broad SMARTS) is 1. The number of nitrogens with one attached hydrogen (secondary N) is 1. The number of hydrogen-bond acceptors (Lipinski definition) is 6. The number of carbonyl (C=O) groups is 3. The summed E-state index contributed by atoms with van der Waals surface area (Å²) >= 11 is 0. The van der Waals surface area contributed by atoms with Crippen molar-refractivity contribution in [2.45, 2.75) is 26.2 Å². The fourth-order valence-electron chi connectivity index (χ4n) is 2.28. The first-order valence-electron chi connectivity index (χ1n) is 7.50. The van der Waals surface area contributed by atoms with Crippen molar-refractivity contribution in [3.8, 4) is 6.07 Å². The van der Waals surface area contributed by atoms with Crippen molar-refractivity contribution in [1.29, 1.82) is 5.26 Å². The number of hydrogen-bond donors (Lipinski definition) is 2. The van der Waals surface area contributed by atoms with E-state index in [1.807, 2.05) is 0 Å². The lowest BCUT2D eigenvalue weighted by atomic mass is 9.98. The van der Waals surface area contributed by atoms with E-state index in [1.54, 1.807) is 17.9 Å². The standard InChI is InChI=1S/C15H21N3O5/c1-2-23-15(22)11-4-3-7-18(9-11)10-12(8-16)14(21)17-6-5-13(19)20/h10-11H,2-7,9H2,1H3,(H,17,21)(H,19,20)/b12-10-. The van der Waals surface area contributed by atoms with Gasteiger partial charge in [0.25, 0.3) is 5.91 Å². The number of amides is 1. The summed E-state index contributed by atoms with van der Waals surface area (Å²) in [6.07, 6.45) is 2.69. The molecule has 2 N–H and O–H groups in total. The molecule has 8 nitrogen and oxygen atoms in total. The van der Waals surface area contributed by atoms with Gasteiger partial charge >= 0.3 is 11.9 Å². The summed E-state index contributed by atoms with van der Waals surface area (Å²) in [4.78, 5) is 35.8. The van der Waals surface area contributed by atoms with Crippen LogP contribution in [0.3, 0.4) is 0 Å². The molecule has 0 spiro atoms. The molecule has 1 rings (SSSR count). The van der Waals surface area contributed by atoms with E-state index in [0.717, 1.165) is 12.8 Å². The maximum atomic E-state index is 11.8. The van der Waals surface area contributed by atoms with Crippen LogP contribution in [0, 0.1) is 17.2 Å². The summed E-state index contributed by atoms with van der Waals surface area (Å²) in [5, 5.41) is 20.0. The van der Waals surface area contributed by atoms with Crippen molar-refractivity contribution in [2.75, 3.05) is 26.2 Å². The molecule has 0 aromatic carbocycles. The average Bonchev–Trinajstić information content (AvgIpc) is 2.52. The highest BCUT2D eigenvalue weighted by Crippen LogP contribution is 2.18. The molecule has 23 heavy (non-hydrogen) atoms. The number of rotatable bonds is 7. The topological polar surface area (TPSA) is 120 Å². The summed E-state index contributed by atoms with van der Waals surface area (Å²) in [7, 11) is 0. The minimum atomic E-state index is -1.03. The van der Waals surface area contributed by atoms with E-state index in [1.165, 1.54) is 6.20 Å². The van der Waals surface area contributed by atoms with E-state index in [-0.39, 0.29) is 30.4 Å². The zero-order valence-corrected chi connectivity index (χ0v) is 13.1. The molecule has 0 aromatic heterocycles. The number of carboxylic acids is 1. The van der Waals surface area contributed by atoms with Crippen molar-refractivity contribution in [3.63, 3.8) is 0 Å². The second-order valence-corrected chi connectivity index (χ2v) is 5.14. The number of piperidine rings is 1. The molecule has 1 aliphatic rings. The van der Waals surface area contributed by atoms with Crippen LogP contribution < -0.4 is 5.32 Å². The Morgan fingerprint density at radius 2 is 2.22 bits per heavy atom. The van der Waals surface area contributed by atoms with E-state index in [2.05, 4.69) is 5.32 Å². The smallest absolute Gasteiger partial charge is 0.310 e. The lowest BCUT2D eigenvalue weighted by Gasteiger charge is -2.30. The maximum absolute atomic E-state index is 11.8. The summed E-state index contributed by atoms with van der Waals surface area (Å²) in [6, 6.07) is 1.80. The Labute approximate surface area is 134 Å². The monoisotopic (exact) mass is 323 g/mol. The van der Waals surface area contributed by atoms with E-state index in [9.17, 15) is 14.4 Å². The molecule has 0 saturated carbocycles. The number of carbonyl (C=O) groups excluding carboxylic acids is 2. The van der Waals surface area contributed by atoms with Crippen LogP contribution in [0.25, 0.3) is 0 Å². The van der Waals surface area contributed by atoms with Gasteiger partial charge in [-0.1, -0.05) is 0 Å². The molecule has 126 valence electrons. The number of ether oxygens (including phenoxy) is 1. The Morgan fingerprint density at radius 3 is 2.83 bits per heavy atom. The number of nitriles is 1. The van der Waals surface area contributed by atoms with Gasteiger partial charge in [-0.05, 0) is 19.8 Å². The third-order valence-corrected chi connectivity index (χ3v) is 3.37. The van der Waals surface area contributed by atoms with Gasteiger partial charge in [-0.2, -0.15) is 5.26 Å². The van der Waals surface area contributed by atoms with Crippen molar-refractivity contribution >= 4 is 17.8 Å². The van der Waals surface area contributed by atoms with Gasteiger partial charge in [-0.15, -0.1) is 0 Å². The van der Waals surface area contributed by atoms with Crippen LogP contribution >= 0.6 is 0 Å². The largest absolute Gasteiger partial charge is 0.481 e. The first-order valence-corrected chi connectivity index (χ1v) is 7.50. The predicted octanol–water partition coefficient (Wildman–Crippen LogP) is 0.260. The molecule has 0 aliphatic carbocycles. The van der Waals surface area contributed by atoms with Crippen LogP contribution in [0.5, 0.6) is 0 Å². The van der Waals surface area contributed by atoms with E-state index in [0.29, 0.717) is 19.7 Å². The lowest BCUT2D eigenvalue weighted by molar-refractivity contribution is -0.149. The van der Waals surface area contributed by atoms with Crippen molar-refractivity contribution < 1.29 is 24.2 Å². The number of nitrogens with zero attached hydrogens (tertiary/aromatic N) is 2. The van der Waals surface area contributed by atoms with Crippen molar-refractivity contribution in [1.82, 2.24) is 10.2 Å². The molecule has 0 radical (unpaired) electrons. The molecule has 1 fully saturated rings. The number of esters is 1. The summed E-state index contributed by atoms with van der Waals surface area (Å²) in [5.74, 6) is -2.18. The Bertz CT molecular complexity index is 524. The highest BCUT2D eigenvalue weighted by atomic mass is 16.5. The first-order chi connectivity index (χ1) is 11.0. The first kappa shape index (κ1) is 18.5. The Hall–Kier alpha value is -2.56. The van der Waals surface area contributed by atoms with Gasteiger partial charge < -0.3 is 20.1 Å². The van der Waals surface area contributed by atoms with Gasteiger partial charge in [0.1, 0.15) is 11.6 Å². The minimum absolute atomic E-state index is 0.0430. The summed E-state index contributed by atoms with van der Waals surface area (Å²) < 4.78 is 5.00. The van der Waals surface area contributed by atoms with E-state index >= 15 is 0 Å². The van der Waals surface area contributed by atoms with Crippen LogP contribution in [0.1, 0.15) is 26.2 Å². The SMILES string of the molecule is CCOC(=O)C1CCCN(/C=C(/C#N)C(=O)NCCC(=O)O)C1. The van der Waals surface area contributed by atoms with Gasteiger partial charge in [-0.25, -0.2) is 0 Å². The Morgan fingerprint density at radius 1 is 1.48 bits per heavy atom. The van der Waals surface area contributed by atoms with Crippen LogP contribution in [-0.2, 0) is 19.1 Å². The number of likely N-dealkylation sites (tertiary alicyclic amines) is 1. The minimum Gasteiger partial charge on any atom is -0.481 e. The molecule has 8 heteroatoms. The Balaban J connectivity index is 2.62. The number of aliphatic carboxylic acids is 1. The van der Waals surface area contributed by atoms with Crippen LogP contribution in [0.2, 0.25) is 0 Å². The third kappa shape index (κ3) is 6.38. The molecule has 1 unspecified atom stereocenters. The van der Waals surface area contributed by atoms with E-state index < -0.39 is 11.9 Å².